The Labute approximate surface area is 167 Å². The average molecular weight is 389 g/mol. The Hall–Kier alpha value is -3.99. The molecule has 8 heteroatoms. The van der Waals surface area contributed by atoms with Crippen LogP contribution in [0, 0.1) is 32.1 Å². The van der Waals surface area contributed by atoms with Crippen molar-refractivity contribution < 1.29 is 14.0 Å². The predicted molar refractivity (Wildman–Crippen MR) is 107 cm³/mol. The van der Waals surface area contributed by atoms with E-state index in [0.717, 1.165) is 11.4 Å². The quantitative estimate of drug-likeness (QED) is 0.631. The Balaban J connectivity index is 1.84. The number of aromatic nitrogens is 2. The molecule has 3 rings (SSSR count). The molecule has 8 nitrogen and oxygen atoms in total. The van der Waals surface area contributed by atoms with E-state index in [1.54, 1.807) is 31.2 Å². The number of aryl methyl sites for hydroxylation is 3. The van der Waals surface area contributed by atoms with Gasteiger partial charge in [-0.1, -0.05) is 6.07 Å². The van der Waals surface area contributed by atoms with Crippen molar-refractivity contribution in [3.8, 4) is 6.07 Å². The van der Waals surface area contributed by atoms with Gasteiger partial charge in [0.15, 0.2) is 5.78 Å². The minimum absolute atomic E-state index is 0.0151. The van der Waals surface area contributed by atoms with E-state index in [0.29, 0.717) is 17.2 Å². The van der Waals surface area contributed by atoms with Crippen molar-refractivity contribution in [2.45, 2.75) is 27.7 Å². The Morgan fingerprint density at radius 2 is 1.79 bits per heavy atom. The second-order valence-corrected chi connectivity index (χ2v) is 6.54. The summed E-state index contributed by atoms with van der Waals surface area (Å²) < 4.78 is 5.43. The molecule has 0 aliphatic rings. The van der Waals surface area contributed by atoms with Crippen LogP contribution in [-0.2, 0) is 0 Å². The van der Waals surface area contributed by atoms with E-state index in [2.05, 4.69) is 20.6 Å². The highest BCUT2D eigenvalue weighted by molar-refractivity contribution is 6.06. The summed E-state index contributed by atoms with van der Waals surface area (Å²) >= 11 is 0. The number of anilines is 3. The van der Waals surface area contributed by atoms with Crippen LogP contribution < -0.4 is 10.6 Å². The summed E-state index contributed by atoms with van der Waals surface area (Å²) in [4.78, 5) is 33.0. The molecule has 29 heavy (non-hydrogen) atoms. The molecular formula is C21H19N5O3. The van der Waals surface area contributed by atoms with Gasteiger partial charge in [0.2, 0.25) is 11.8 Å². The lowest BCUT2D eigenvalue weighted by Crippen LogP contribution is -2.12. The van der Waals surface area contributed by atoms with Gasteiger partial charge in [0.25, 0.3) is 5.91 Å². The van der Waals surface area contributed by atoms with Crippen LogP contribution in [0.4, 0.5) is 17.5 Å². The Morgan fingerprint density at radius 3 is 2.41 bits per heavy atom. The summed E-state index contributed by atoms with van der Waals surface area (Å²) in [5.74, 6) is -0.110. The Kier molecular flexibility index (Phi) is 5.41. The number of nitriles is 1. The summed E-state index contributed by atoms with van der Waals surface area (Å²) in [5.41, 5.74) is 2.80. The van der Waals surface area contributed by atoms with E-state index >= 15 is 0 Å². The number of furan rings is 1. The van der Waals surface area contributed by atoms with E-state index in [1.165, 1.54) is 6.92 Å². The molecule has 0 bridgehead atoms. The van der Waals surface area contributed by atoms with Gasteiger partial charge in [0.1, 0.15) is 17.4 Å². The molecule has 0 spiro atoms. The molecule has 0 atom stereocenters. The van der Waals surface area contributed by atoms with Crippen molar-refractivity contribution in [3.63, 3.8) is 0 Å². The number of rotatable bonds is 5. The van der Waals surface area contributed by atoms with E-state index < -0.39 is 5.91 Å². The van der Waals surface area contributed by atoms with Crippen LogP contribution >= 0.6 is 0 Å². The number of hydrogen-bond acceptors (Lipinski definition) is 7. The molecule has 0 fully saturated rings. The highest BCUT2D eigenvalue weighted by Gasteiger charge is 2.22. The number of nitrogens with one attached hydrogen (secondary N) is 2. The summed E-state index contributed by atoms with van der Waals surface area (Å²) in [6, 6.07) is 10.5. The van der Waals surface area contributed by atoms with Gasteiger partial charge in [0.05, 0.1) is 5.56 Å². The number of amides is 1. The fourth-order valence-corrected chi connectivity index (χ4v) is 2.99. The van der Waals surface area contributed by atoms with E-state index in [1.807, 2.05) is 26.0 Å². The van der Waals surface area contributed by atoms with Crippen molar-refractivity contribution in [2.75, 3.05) is 10.6 Å². The van der Waals surface area contributed by atoms with E-state index in [-0.39, 0.29) is 28.6 Å². The first-order chi connectivity index (χ1) is 13.8. The summed E-state index contributed by atoms with van der Waals surface area (Å²) in [6.07, 6.45) is 0. The fourth-order valence-electron chi connectivity index (χ4n) is 2.99. The maximum absolute atomic E-state index is 12.7. The molecule has 0 unspecified atom stereocenters. The lowest BCUT2D eigenvalue weighted by molar-refractivity contribution is 0.101. The first kappa shape index (κ1) is 19.8. The van der Waals surface area contributed by atoms with Gasteiger partial charge in [-0.25, -0.2) is 9.97 Å². The molecule has 0 aliphatic carbocycles. The van der Waals surface area contributed by atoms with Crippen LogP contribution in [0.3, 0.4) is 0 Å². The Morgan fingerprint density at radius 1 is 1.10 bits per heavy atom. The number of carbonyl (C=O) groups is 2. The predicted octanol–water partition coefficient (Wildman–Crippen LogP) is 4.07. The van der Waals surface area contributed by atoms with Crippen molar-refractivity contribution in [1.82, 2.24) is 9.97 Å². The average Bonchev–Trinajstić information content (AvgIpc) is 2.96. The molecule has 2 N–H and O–H groups in total. The van der Waals surface area contributed by atoms with Gasteiger partial charge in [-0.05, 0) is 52.0 Å². The number of hydrogen-bond donors (Lipinski definition) is 2. The van der Waals surface area contributed by atoms with Crippen molar-refractivity contribution in [2.24, 2.45) is 0 Å². The van der Waals surface area contributed by atoms with Crippen molar-refractivity contribution in [1.29, 1.82) is 5.26 Å². The molecule has 0 aliphatic heterocycles. The molecule has 3 aromatic rings. The maximum atomic E-state index is 12.7. The smallest absolute Gasteiger partial charge is 0.258 e. The van der Waals surface area contributed by atoms with Crippen LogP contribution in [0.5, 0.6) is 0 Å². The zero-order valence-corrected chi connectivity index (χ0v) is 16.5. The molecule has 1 amide bonds. The van der Waals surface area contributed by atoms with Crippen molar-refractivity contribution in [3.05, 3.63) is 64.2 Å². The number of nitrogens with zero attached hydrogens (tertiary/aromatic N) is 3. The summed E-state index contributed by atoms with van der Waals surface area (Å²) in [6.45, 7) is 6.66. The minimum atomic E-state index is -0.477. The SMILES string of the molecule is CC(=O)c1c(C)oc(NC(=O)c2cccc(Nc3nc(C)cc(C)n3)c2)c1C#N. The normalized spacial score (nSPS) is 10.3. The van der Waals surface area contributed by atoms with Crippen LogP contribution in [0.1, 0.15) is 50.4 Å². The molecule has 1 aromatic carbocycles. The number of Topliss-reactive ketones (excluding diaryl/α,β-unsaturated/α-hetero) is 1. The van der Waals surface area contributed by atoms with Gasteiger partial charge in [-0.2, -0.15) is 5.26 Å². The largest absolute Gasteiger partial charge is 0.443 e. The van der Waals surface area contributed by atoms with Gasteiger partial charge < -0.3 is 9.73 Å². The van der Waals surface area contributed by atoms with E-state index in [9.17, 15) is 14.9 Å². The van der Waals surface area contributed by atoms with Gasteiger partial charge in [0, 0.05) is 22.6 Å². The zero-order valence-electron chi connectivity index (χ0n) is 16.5. The van der Waals surface area contributed by atoms with Crippen LogP contribution in [0.25, 0.3) is 0 Å². The van der Waals surface area contributed by atoms with Crippen LogP contribution in [-0.4, -0.2) is 21.7 Å². The number of ketones is 1. The van der Waals surface area contributed by atoms with Crippen LogP contribution in [0.15, 0.2) is 34.7 Å². The molecule has 2 heterocycles. The van der Waals surface area contributed by atoms with Gasteiger partial charge >= 0.3 is 0 Å². The second kappa shape index (κ2) is 7.94. The first-order valence-electron chi connectivity index (χ1n) is 8.83. The highest BCUT2D eigenvalue weighted by atomic mass is 16.4. The molecular weight excluding hydrogens is 370 g/mol. The molecule has 146 valence electrons. The maximum Gasteiger partial charge on any atom is 0.258 e. The molecule has 0 radical (unpaired) electrons. The fraction of sp³-hybridized carbons (Fsp3) is 0.190. The zero-order chi connectivity index (χ0) is 21.1. The lowest BCUT2D eigenvalue weighted by atomic mass is 10.1. The molecule has 0 saturated heterocycles. The number of carbonyl (C=O) groups excluding carboxylic acids is 2. The first-order valence-corrected chi connectivity index (χ1v) is 8.83. The van der Waals surface area contributed by atoms with Gasteiger partial charge in [-0.15, -0.1) is 0 Å². The summed E-state index contributed by atoms with van der Waals surface area (Å²) in [7, 11) is 0. The van der Waals surface area contributed by atoms with Crippen molar-refractivity contribution >= 4 is 29.2 Å². The third kappa shape index (κ3) is 4.30. The van der Waals surface area contributed by atoms with Crippen LogP contribution in [0.2, 0.25) is 0 Å². The monoisotopic (exact) mass is 389 g/mol. The standard InChI is InChI=1S/C21H19N5O3/c1-11-8-12(2)24-21(23-11)25-16-7-5-6-15(9-16)19(28)26-20-17(10-22)18(13(3)27)14(4)29-20/h5-9H,1-4H3,(H,26,28)(H,23,24,25). The van der Waals surface area contributed by atoms with Gasteiger partial charge in [-0.3, -0.25) is 14.9 Å². The molecule has 0 saturated carbocycles. The lowest BCUT2D eigenvalue weighted by Gasteiger charge is -2.08. The minimum Gasteiger partial charge on any atom is -0.443 e. The topological polar surface area (TPSA) is 121 Å². The number of benzene rings is 1. The highest BCUT2D eigenvalue weighted by Crippen LogP contribution is 2.27. The summed E-state index contributed by atoms with van der Waals surface area (Å²) in [5, 5.41) is 15.0. The van der Waals surface area contributed by atoms with E-state index in [4.69, 9.17) is 4.42 Å². The third-order valence-corrected chi connectivity index (χ3v) is 4.14. The molecule has 2 aromatic heterocycles. The Bertz CT molecular complexity index is 1140. The third-order valence-electron chi connectivity index (χ3n) is 4.14. The second-order valence-electron chi connectivity index (χ2n) is 6.54.